The van der Waals surface area contributed by atoms with Gasteiger partial charge < -0.3 is 0 Å². The minimum atomic E-state index is -0.373. The van der Waals surface area contributed by atoms with E-state index in [1.54, 1.807) is 24.4 Å². The number of para-hydroxylation sites is 1. The van der Waals surface area contributed by atoms with Crippen LogP contribution in [0.3, 0.4) is 0 Å². The van der Waals surface area contributed by atoms with Gasteiger partial charge in [0.2, 0.25) is 0 Å². The summed E-state index contributed by atoms with van der Waals surface area (Å²) in [5.74, 6) is 0. The van der Waals surface area contributed by atoms with Crippen LogP contribution in [0.4, 0.5) is 5.69 Å². The zero-order valence-electron chi connectivity index (χ0n) is 9.74. The molecule has 1 aromatic carbocycles. The minimum Gasteiger partial charge on any atom is -0.260 e. The number of hydrogen-bond acceptors (Lipinski definition) is 3. The van der Waals surface area contributed by atoms with Crippen molar-refractivity contribution in [2.75, 3.05) is 0 Å². The molecule has 19 heavy (non-hydrogen) atoms. The normalized spacial score (nSPS) is 13.8. The number of nitro groups is 1. The molecule has 0 aliphatic heterocycles. The lowest BCUT2D eigenvalue weighted by Gasteiger charge is -2.16. The van der Waals surface area contributed by atoms with Crippen molar-refractivity contribution < 1.29 is 4.92 Å². The third-order valence-electron chi connectivity index (χ3n) is 2.66. The van der Waals surface area contributed by atoms with Crippen molar-refractivity contribution in [1.29, 1.82) is 0 Å². The predicted molar refractivity (Wildman–Crippen MR) is 80.7 cm³/mol. The first-order valence-electron chi connectivity index (χ1n) is 5.53. The number of nitrogens with zero attached hydrogens (tertiary/aromatic N) is 2. The van der Waals surface area contributed by atoms with Gasteiger partial charge in [-0.1, -0.05) is 56.1 Å². The van der Waals surface area contributed by atoms with Gasteiger partial charge in [-0.05, 0) is 12.1 Å². The van der Waals surface area contributed by atoms with Crippen LogP contribution in [0, 0.1) is 10.1 Å². The summed E-state index contributed by atoms with van der Waals surface area (Å²) in [6.07, 6.45) is 1.70. The number of benzene rings is 1. The average Bonchev–Trinajstić information content (AvgIpc) is 2.46. The van der Waals surface area contributed by atoms with Gasteiger partial charge in [-0.3, -0.25) is 15.1 Å². The molecule has 98 valence electrons. The fraction of sp³-hybridized carbons (Fsp3) is 0.154. The van der Waals surface area contributed by atoms with Crippen molar-refractivity contribution in [3.05, 3.63) is 70.0 Å². The second-order valence-corrected chi connectivity index (χ2v) is 5.85. The maximum atomic E-state index is 11.0. The van der Waals surface area contributed by atoms with Gasteiger partial charge >= 0.3 is 0 Å². The molecule has 1 heterocycles. The second kappa shape index (κ2) is 6.25. The first-order valence-corrected chi connectivity index (χ1v) is 7.37. The zero-order chi connectivity index (χ0) is 13.8. The Morgan fingerprint density at radius 1 is 1.05 bits per heavy atom. The maximum Gasteiger partial charge on any atom is 0.273 e. The van der Waals surface area contributed by atoms with Crippen molar-refractivity contribution in [2.45, 2.75) is 9.65 Å². The summed E-state index contributed by atoms with van der Waals surface area (Å²) in [4.78, 5) is 14.5. The van der Waals surface area contributed by atoms with E-state index >= 15 is 0 Å². The summed E-state index contributed by atoms with van der Waals surface area (Å²) in [7, 11) is 0. The van der Waals surface area contributed by atoms with Crippen LogP contribution in [0.2, 0.25) is 0 Å². The molecule has 0 spiro atoms. The zero-order valence-corrected chi connectivity index (χ0v) is 12.9. The van der Waals surface area contributed by atoms with Crippen LogP contribution in [-0.2, 0) is 0 Å². The Bertz CT molecular complexity index is 578. The molecule has 2 atom stereocenters. The van der Waals surface area contributed by atoms with Crippen molar-refractivity contribution in [3.63, 3.8) is 0 Å². The van der Waals surface area contributed by atoms with Gasteiger partial charge in [0, 0.05) is 17.8 Å². The highest BCUT2D eigenvalue weighted by atomic mass is 79.9. The molecule has 0 aliphatic rings. The number of rotatable bonds is 4. The van der Waals surface area contributed by atoms with Crippen LogP contribution in [0.1, 0.15) is 20.9 Å². The maximum absolute atomic E-state index is 11.0. The van der Waals surface area contributed by atoms with E-state index in [-0.39, 0.29) is 20.3 Å². The number of alkyl halides is 2. The number of halogens is 2. The highest BCUT2D eigenvalue weighted by molar-refractivity contribution is 9.12. The van der Waals surface area contributed by atoms with E-state index in [2.05, 4.69) is 36.8 Å². The standard InChI is InChI=1S/C13H10Br2N2O2/c14-12(13(15)10-6-3-4-8-16-10)9-5-1-2-7-11(9)17(18)19/h1-8,12-13H/t12-,13+/m0/s1. The molecule has 0 saturated carbocycles. The summed E-state index contributed by atoms with van der Waals surface area (Å²) < 4.78 is 0. The lowest BCUT2D eigenvalue weighted by Crippen LogP contribution is -2.04. The fourth-order valence-electron chi connectivity index (χ4n) is 1.73. The van der Waals surface area contributed by atoms with Crippen molar-refractivity contribution >= 4 is 37.5 Å². The molecular weight excluding hydrogens is 376 g/mol. The summed E-state index contributed by atoms with van der Waals surface area (Å²) in [5, 5.41) is 11.0. The van der Waals surface area contributed by atoms with Crippen LogP contribution in [0.15, 0.2) is 48.7 Å². The van der Waals surface area contributed by atoms with E-state index < -0.39 is 0 Å². The molecule has 0 saturated heterocycles. The fourth-order valence-corrected chi connectivity index (χ4v) is 2.95. The lowest BCUT2D eigenvalue weighted by atomic mass is 10.1. The average molecular weight is 386 g/mol. The molecule has 0 radical (unpaired) electrons. The van der Waals surface area contributed by atoms with Gasteiger partial charge in [0.1, 0.15) is 0 Å². The van der Waals surface area contributed by atoms with E-state index in [0.29, 0.717) is 5.56 Å². The Kier molecular flexibility index (Phi) is 4.66. The minimum absolute atomic E-state index is 0.102. The lowest BCUT2D eigenvalue weighted by molar-refractivity contribution is -0.385. The first-order chi connectivity index (χ1) is 9.11. The Balaban J connectivity index is 2.34. The van der Waals surface area contributed by atoms with Gasteiger partial charge in [-0.15, -0.1) is 0 Å². The number of aromatic nitrogens is 1. The van der Waals surface area contributed by atoms with Crippen molar-refractivity contribution in [1.82, 2.24) is 4.98 Å². The van der Waals surface area contributed by atoms with Crippen LogP contribution in [-0.4, -0.2) is 9.91 Å². The topological polar surface area (TPSA) is 56.0 Å². The number of pyridine rings is 1. The molecule has 0 fully saturated rings. The van der Waals surface area contributed by atoms with Gasteiger partial charge in [0.15, 0.2) is 0 Å². The Morgan fingerprint density at radius 3 is 2.37 bits per heavy atom. The van der Waals surface area contributed by atoms with Crippen LogP contribution < -0.4 is 0 Å². The highest BCUT2D eigenvalue weighted by Gasteiger charge is 2.26. The SMILES string of the molecule is O=[N+]([O-])c1ccccc1[C@H](Br)[C@H](Br)c1ccccn1. The van der Waals surface area contributed by atoms with E-state index in [0.717, 1.165) is 5.69 Å². The highest BCUT2D eigenvalue weighted by Crippen LogP contribution is 2.44. The molecule has 2 aromatic rings. The molecule has 6 heteroatoms. The smallest absolute Gasteiger partial charge is 0.260 e. The van der Waals surface area contributed by atoms with E-state index in [4.69, 9.17) is 0 Å². The number of nitro benzene ring substituents is 1. The Morgan fingerprint density at radius 2 is 1.74 bits per heavy atom. The summed E-state index contributed by atoms with van der Waals surface area (Å²) in [5.41, 5.74) is 1.55. The van der Waals surface area contributed by atoms with Gasteiger partial charge in [0.25, 0.3) is 5.69 Å². The number of hydrogen-bond donors (Lipinski definition) is 0. The van der Waals surface area contributed by atoms with E-state index in [1.807, 2.05) is 18.2 Å². The molecule has 1 aromatic heterocycles. The monoisotopic (exact) mass is 384 g/mol. The molecule has 0 N–H and O–H groups in total. The second-order valence-electron chi connectivity index (χ2n) is 3.87. The third-order valence-corrected chi connectivity index (χ3v) is 5.39. The third kappa shape index (κ3) is 3.19. The van der Waals surface area contributed by atoms with E-state index in [9.17, 15) is 10.1 Å². The summed E-state index contributed by atoms with van der Waals surface area (Å²) >= 11 is 7.06. The largest absolute Gasteiger partial charge is 0.273 e. The summed E-state index contributed by atoms with van der Waals surface area (Å²) in [6.45, 7) is 0. The molecular formula is C13H10Br2N2O2. The predicted octanol–water partition coefficient (Wildman–Crippen LogP) is 4.56. The quantitative estimate of drug-likeness (QED) is 0.440. The molecule has 0 amide bonds. The van der Waals surface area contributed by atoms with Gasteiger partial charge in [-0.2, -0.15) is 0 Å². The van der Waals surface area contributed by atoms with Crippen LogP contribution >= 0.6 is 31.9 Å². The van der Waals surface area contributed by atoms with E-state index in [1.165, 1.54) is 6.07 Å². The Labute approximate surface area is 127 Å². The molecule has 0 bridgehead atoms. The van der Waals surface area contributed by atoms with Gasteiger partial charge in [0.05, 0.1) is 20.3 Å². The van der Waals surface area contributed by atoms with Crippen molar-refractivity contribution in [3.8, 4) is 0 Å². The van der Waals surface area contributed by atoms with Crippen LogP contribution in [0.25, 0.3) is 0 Å². The van der Waals surface area contributed by atoms with Crippen molar-refractivity contribution in [2.24, 2.45) is 0 Å². The molecule has 0 unspecified atom stereocenters. The molecule has 2 rings (SSSR count). The summed E-state index contributed by atoms with van der Waals surface area (Å²) in [6, 6.07) is 12.3. The Hall–Kier alpha value is -1.27. The molecule has 4 nitrogen and oxygen atoms in total. The first kappa shape index (κ1) is 14.1. The van der Waals surface area contributed by atoms with Crippen LogP contribution in [0.5, 0.6) is 0 Å². The molecule has 0 aliphatic carbocycles. The van der Waals surface area contributed by atoms with Gasteiger partial charge in [-0.25, -0.2) is 0 Å².